The summed E-state index contributed by atoms with van der Waals surface area (Å²) < 4.78 is 1.94. The summed E-state index contributed by atoms with van der Waals surface area (Å²) in [6.07, 6.45) is 1.83. The molecule has 2 rings (SSSR count). The largest absolute Gasteiger partial charge is 0.384 e. The van der Waals surface area contributed by atoms with E-state index in [1.54, 1.807) is 6.07 Å². The Labute approximate surface area is 88.8 Å². The van der Waals surface area contributed by atoms with Gasteiger partial charge >= 0.3 is 0 Å². The van der Waals surface area contributed by atoms with Gasteiger partial charge in [-0.2, -0.15) is 5.10 Å². The Hall–Kier alpha value is -1.84. The SMILES string of the molecule is CCn1ncc(-c2cccc(N)n2)c1C. The van der Waals surface area contributed by atoms with Crippen LogP contribution in [0.5, 0.6) is 0 Å². The molecule has 0 aliphatic carbocycles. The third-order valence-electron chi connectivity index (χ3n) is 2.45. The topological polar surface area (TPSA) is 56.7 Å². The fourth-order valence-electron chi connectivity index (χ4n) is 1.62. The van der Waals surface area contributed by atoms with E-state index < -0.39 is 0 Å². The summed E-state index contributed by atoms with van der Waals surface area (Å²) >= 11 is 0. The van der Waals surface area contributed by atoms with Crippen LogP contribution in [0.1, 0.15) is 12.6 Å². The molecule has 2 heterocycles. The van der Waals surface area contributed by atoms with Crippen LogP contribution in [0.3, 0.4) is 0 Å². The third-order valence-corrected chi connectivity index (χ3v) is 2.45. The highest BCUT2D eigenvalue weighted by atomic mass is 15.3. The molecule has 78 valence electrons. The molecule has 0 aliphatic rings. The van der Waals surface area contributed by atoms with Crippen LogP contribution in [-0.4, -0.2) is 14.8 Å². The second-order valence-electron chi connectivity index (χ2n) is 3.41. The molecule has 2 aromatic heterocycles. The Bertz CT molecular complexity index is 473. The van der Waals surface area contributed by atoms with Gasteiger partial charge in [0.15, 0.2) is 0 Å². The van der Waals surface area contributed by atoms with Gasteiger partial charge < -0.3 is 5.73 Å². The average molecular weight is 202 g/mol. The van der Waals surface area contributed by atoms with Gasteiger partial charge in [-0.3, -0.25) is 4.68 Å². The summed E-state index contributed by atoms with van der Waals surface area (Å²) in [6, 6.07) is 5.63. The lowest BCUT2D eigenvalue weighted by Crippen LogP contribution is -1.99. The summed E-state index contributed by atoms with van der Waals surface area (Å²) in [7, 11) is 0. The van der Waals surface area contributed by atoms with Crippen LogP contribution in [-0.2, 0) is 6.54 Å². The number of rotatable bonds is 2. The predicted molar refractivity (Wildman–Crippen MR) is 60.3 cm³/mol. The molecule has 0 spiro atoms. The molecule has 0 unspecified atom stereocenters. The maximum Gasteiger partial charge on any atom is 0.124 e. The number of anilines is 1. The van der Waals surface area contributed by atoms with Crippen molar-refractivity contribution in [2.24, 2.45) is 0 Å². The first-order valence-corrected chi connectivity index (χ1v) is 4.97. The molecule has 2 aromatic rings. The second-order valence-corrected chi connectivity index (χ2v) is 3.41. The van der Waals surface area contributed by atoms with E-state index in [-0.39, 0.29) is 0 Å². The van der Waals surface area contributed by atoms with E-state index in [1.165, 1.54) is 0 Å². The Balaban J connectivity index is 2.49. The minimum absolute atomic E-state index is 0.538. The van der Waals surface area contributed by atoms with Gasteiger partial charge in [-0.25, -0.2) is 4.98 Å². The van der Waals surface area contributed by atoms with E-state index in [0.29, 0.717) is 5.82 Å². The van der Waals surface area contributed by atoms with Crippen molar-refractivity contribution in [3.05, 3.63) is 30.1 Å². The molecule has 0 aliphatic heterocycles. The van der Waals surface area contributed by atoms with E-state index >= 15 is 0 Å². The standard InChI is InChI=1S/C11H14N4/c1-3-15-8(2)9(7-13-15)10-5-4-6-11(12)14-10/h4-7H,3H2,1-2H3,(H2,12,14). The van der Waals surface area contributed by atoms with Crippen molar-refractivity contribution in [2.45, 2.75) is 20.4 Å². The lowest BCUT2D eigenvalue weighted by Gasteiger charge is -2.02. The number of nitrogens with zero attached hydrogens (tertiary/aromatic N) is 3. The number of pyridine rings is 1. The summed E-state index contributed by atoms with van der Waals surface area (Å²) in [5.41, 5.74) is 8.70. The summed E-state index contributed by atoms with van der Waals surface area (Å²) in [5.74, 6) is 0.538. The van der Waals surface area contributed by atoms with Crippen molar-refractivity contribution < 1.29 is 0 Å². The van der Waals surface area contributed by atoms with Crippen LogP contribution in [0.4, 0.5) is 5.82 Å². The van der Waals surface area contributed by atoms with E-state index in [9.17, 15) is 0 Å². The van der Waals surface area contributed by atoms with Gasteiger partial charge in [0, 0.05) is 17.8 Å². The molecule has 4 heteroatoms. The van der Waals surface area contributed by atoms with Gasteiger partial charge in [0.2, 0.25) is 0 Å². The average Bonchev–Trinajstić information content (AvgIpc) is 2.59. The van der Waals surface area contributed by atoms with Crippen molar-refractivity contribution in [2.75, 3.05) is 5.73 Å². The molecule has 0 saturated heterocycles. The van der Waals surface area contributed by atoms with Crippen molar-refractivity contribution in [1.82, 2.24) is 14.8 Å². The van der Waals surface area contributed by atoms with Crippen molar-refractivity contribution >= 4 is 5.82 Å². The summed E-state index contributed by atoms with van der Waals surface area (Å²) in [6.45, 7) is 4.97. The Morgan fingerprint density at radius 2 is 2.20 bits per heavy atom. The Morgan fingerprint density at radius 1 is 1.40 bits per heavy atom. The van der Waals surface area contributed by atoms with Gasteiger partial charge in [-0.05, 0) is 26.0 Å². The number of hydrogen-bond acceptors (Lipinski definition) is 3. The molecule has 2 N–H and O–H groups in total. The number of aryl methyl sites for hydroxylation is 1. The zero-order chi connectivity index (χ0) is 10.8. The normalized spacial score (nSPS) is 10.5. The molecule has 4 nitrogen and oxygen atoms in total. The molecule has 0 saturated carbocycles. The predicted octanol–water partition coefficient (Wildman–Crippen LogP) is 1.86. The van der Waals surface area contributed by atoms with Crippen molar-refractivity contribution in [3.63, 3.8) is 0 Å². The number of nitrogen functional groups attached to an aromatic ring is 1. The molecule has 0 fully saturated rings. The first-order chi connectivity index (χ1) is 7.22. The summed E-state index contributed by atoms with van der Waals surface area (Å²) in [4.78, 5) is 4.28. The Morgan fingerprint density at radius 3 is 2.80 bits per heavy atom. The highest BCUT2D eigenvalue weighted by molar-refractivity contribution is 5.62. The second kappa shape index (κ2) is 3.73. The van der Waals surface area contributed by atoms with E-state index in [1.807, 2.05) is 29.9 Å². The van der Waals surface area contributed by atoms with Gasteiger partial charge in [-0.15, -0.1) is 0 Å². The molecular formula is C11H14N4. The summed E-state index contributed by atoms with van der Waals surface area (Å²) in [5, 5.41) is 4.28. The van der Waals surface area contributed by atoms with Gasteiger partial charge in [0.25, 0.3) is 0 Å². The molecule has 0 bridgehead atoms. The molecule has 0 atom stereocenters. The van der Waals surface area contributed by atoms with Crippen LogP contribution in [0, 0.1) is 6.92 Å². The van der Waals surface area contributed by atoms with Crippen LogP contribution in [0.15, 0.2) is 24.4 Å². The van der Waals surface area contributed by atoms with Gasteiger partial charge in [0.1, 0.15) is 5.82 Å². The van der Waals surface area contributed by atoms with E-state index in [0.717, 1.165) is 23.5 Å². The van der Waals surface area contributed by atoms with Crippen molar-refractivity contribution in [1.29, 1.82) is 0 Å². The molecule has 0 aromatic carbocycles. The fourth-order valence-corrected chi connectivity index (χ4v) is 1.62. The quantitative estimate of drug-likeness (QED) is 0.808. The van der Waals surface area contributed by atoms with E-state index in [4.69, 9.17) is 5.73 Å². The number of nitrogens with two attached hydrogens (primary N) is 1. The van der Waals surface area contributed by atoms with Crippen molar-refractivity contribution in [3.8, 4) is 11.3 Å². The first-order valence-electron chi connectivity index (χ1n) is 4.97. The first kappa shape index (κ1) is 9.71. The molecule has 15 heavy (non-hydrogen) atoms. The monoisotopic (exact) mass is 202 g/mol. The highest BCUT2D eigenvalue weighted by Crippen LogP contribution is 2.21. The number of hydrogen-bond donors (Lipinski definition) is 1. The number of aromatic nitrogens is 3. The highest BCUT2D eigenvalue weighted by Gasteiger charge is 2.08. The third kappa shape index (κ3) is 1.70. The maximum absolute atomic E-state index is 5.65. The minimum Gasteiger partial charge on any atom is -0.384 e. The smallest absolute Gasteiger partial charge is 0.124 e. The van der Waals surface area contributed by atoms with Gasteiger partial charge in [0.05, 0.1) is 11.9 Å². The van der Waals surface area contributed by atoms with E-state index in [2.05, 4.69) is 17.0 Å². The molecular weight excluding hydrogens is 188 g/mol. The van der Waals surface area contributed by atoms with Crippen LogP contribution >= 0.6 is 0 Å². The molecule has 0 amide bonds. The van der Waals surface area contributed by atoms with Crippen LogP contribution < -0.4 is 5.73 Å². The zero-order valence-electron chi connectivity index (χ0n) is 8.94. The Kier molecular flexibility index (Phi) is 2.41. The minimum atomic E-state index is 0.538. The lowest BCUT2D eigenvalue weighted by atomic mass is 10.2. The zero-order valence-corrected chi connectivity index (χ0v) is 8.94. The molecule has 0 radical (unpaired) electrons. The lowest BCUT2D eigenvalue weighted by molar-refractivity contribution is 0.640. The van der Waals surface area contributed by atoms with Crippen LogP contribution in [0.25, 0.3) is 11.3 Å². The maximum atomic E-state index is 5.65. The fraction of sp³-hybridized carbons (Fsp3) is 0.273. The van der Waals surface area contributed by atoms with Gasteiger partial charge in [-0.1, -0.05) is 6.07 Å². The van der Waals surface area contributed by atoms with Crippen LogP contribution in [0.2, 0.25) is 0 Å².